The van der Waals surface area contributed by atoms with Gasteiger partial charge in [-0.15, -0.1) is 0 Å². The summed E-state index contributed by atoms with van der Waals surface area (Å²) in [6, 6.07) is 16.5. The molecule has 4 rings (SSSR count). The maximum Gasteiger partial charge on any atom is 0.172 e. The van der Waals surface area contributed by atoms with Crippen molar-refractivity contribution in [1.82, 2.24) is 4.98 Å². The van der Waals surface area contributed by atoms with Crippen molar-refractivity contribution in [3.8, 4) is 11.1 Å². The van der Waals surface area contributed by atoms with Crippen LogP contribution in [0.4, 0.5) is 0 Å². The van der Waals surface area contributed by atoms with Crippen molar-refractivity contribution in [3.05, 3.63) is 65.4 Å². The number of halogens is 1. The van der Waals surface area contributed by atoms with Crippen LogP contribution in [0.15, 0.2) is 59.1 Å². The van der Waals surface area contributed by atoms with Gasteiger partial charge in [-0.2, -0.15) is 0 Å². The van der Waals surface area contributed by atoms with Crippen molar-refractivity contribution in [2.45, 2.75) is 6.92 Å². The number of furan rings is 1. The molecule has 2 aromatic heterocycles. The van der Waals surface area contributed by atoms with Crippen LogP contribution in [-0.2, 0) is 0 Å². The van der Waals surface area contributed by atoms with Crippen LogP contribution in [0.1, 0.15) is 5.56 Å². The SMILES string of the molecule is Cc1c(-c2ccccc2)ccc2c1oc1c(Cl)nccc12. The second-order valence-corrected chi connectivity index (χ2v) is 5.42. The van der Waals surface area contributed by atoms with Crippen molar-refractivity contribution in [3.63, 3.8) is 0 Å². The van der Waals surface area contributed by atoms with Crippen molar-refractivity contribution in [2.24, 2.45) is 0 Å². The molecule has 3 heteroatoms. The molecule has 4 aromatic rings. The molecule has 0 fully saturated rings. The van der Waals surface area contributed by atoms with E-state index in [1.54, 1.807) is 6.20 Å². The molecule has 0 saturated heterocycles. The van der Waals surface area contributed by atoms with E-state index in [4.69, 9.17) is 16.0 Å². The molecule has 2 nitrogen and oxygen atoms in total. The van der Waals surface area contributed by atoms with E-state index < -0.39 is 0 Å². The molecule has 0 spiro atoms. The molecule has 0 saturated carbocycles. The lowest BCUT2D eigenvalue weighted by Gasteiger charge is -2.06. The standard InChI is InChI=1S/C18H12ClNO/c1-11-13(12-5-3-2-4-6-12)7-8-14-15-9-10-20-18(19)17(15)21-16(11)14/h2-10H,1H3. The van der Waals surface area contributed by atoms with Crippen molar-refractivity contribution < 1.29 is 4.42 Å². The van der Waals surface area contributed by atoms with Crippen molar-refractivity contribution in [2.75, 3.05) is 0 Å². The quantitative estimate of drug-likeness (QED) is 0.426. The summed E-state index contributed by atoms with van der Waals surface area (Å²) in [5.41, 5.74) is 5.00. The number of nitrogens with zero attached hydrogens (tertiary/aromatic N) is 1. The molecule has 2 aromatic carbocycles. The Hall–Kier alpha value is -2.32. The average molecular weight is 294 g/mol. The van der Waals surface area contributed by atoms with Crippen LogP contribution in [0.5, 0.6) is 0 Å². The summed E-state index contributed by atoms with van der Waals surface area (Å²) in [5.74, 6) is 0. The van der Waals surface area contributed by atoms with Gasteiger partial charge in [0.05, 0.1) is 0 Å². The first-order chi connectivity index (χ1) is 10.3. The summed E-state index contributed by atoms with van der Waals surface area (Å²) < 4.78 is 5.98. The minimum atomic E-state index is 0.407. The monoisotopic (exact) mass is 293 g/mol. The molecular formula is C18H12ClNO. The van der Waals surface area contributed by atoms with Gasteiger partial charge in [0.1, 0.15) is 5.58 Å². The fraction of sp³-hybridized carbons (Fsp3) is 0.0556. The van der Waals surface area contributed by atoms with E-state index in [2.05, 4.69) is 36.2 Å². The Morgan fingerprint density at radius 1 is 0.905 bits per heavy atom. The number of rotatable bonds is 1. The third-order valence-electron chi connectivity index (χ3n) is 3.85. The highest BCUT2D eigenvalue weighted by atomic mass is 35.5. The first-order valence-corrected chi connectivity index (χ1v) is 7.15. The predicted octanol–water partition coefficient (Wildman–Crippen LogP) is 5.61. The summed E-state index contributed by atoms with van der Waals surface area (Å²) in [4.78, 5) is 4.08. The lowest BCUT2D eigenvalue weighted by Crippen LogP contribution is -1.83. The van der Waals surface area contributed by atoms with Gasteiger partial charge in [0, 0.05) is 22.5 Å². The smallest absolute Gasteiger partial charge is 0.172 e. The van der Waals surface area contributed by atoms with Gasteiger partial charge in [-0.3, -0.25) is 0 Å². The van der Waals surface area contributed by atoms with Gasteiger partial charge in [-0.05, 0) is 30.2 Å². The Kier molecular flexibility index (Phi) is 2.72. The fourth-order valence-corrected chi connectivity index (χ4v) is 3.00. The summed E-state index contributed by atoms with van der Waals surface area (Å²) in [6.45, 7) is 2.08. The summed E-state index contributed by atoms with van der Waals surface area (Å²) in [7, 11) is 0. The van der Waals surface area contributed by atoms with Crippen LogP contribution in [-0.4, -0.2) is 4.98 Å². The lowest BCUT2D eigenvalue weighted by molar-refractivity contribution is 0.664. The van der Waals surface area contributed by atoms with Crippen LogP contribution >= 0.6 is 11.6 Å². The Bertz CT molecular complexity index is 957. The maximum atomic E-state index is 6.13. The topological polar surface area (TPSA) is 26.0 Å². The molecule has 0 radical (unpaired) electrons. The Labute approximate surface area is 127 Å². The van der Waals surface area contributed by atoms with Crippen LogP contribution in [0.25, 0.3) is 33.1 Å². The lowest BCUT2D eigenvalue weighted by atomic mass is 9.98. The zero-order valence-electron chi connectivity index (χ0n) is 11.4. The van der Waals surface area contributed by atoms with E-state index >= 15 is 0 Å². The number of pyridine rings is 1. The Morgan fingerprint density at radius 3 is 2.48 bits per heavy atom. The normalized spacial score (nSPS) is 11.3. The van der Waals surface area contributed by atoms with E-state index in [0.717, 1.165) is 21.9 Å². The minimum Gasteiger partial charge on any atom is -0.453 e. The van der Waals surface area contributed by atoms with E-state index in [1.807, 2.05) is 24.3 Å². The van der Waals surface area contributed by atoms with Crippen molar-refractivity contribution in [1.29, 1.82) is 0 Å². The largest absolute Gasteiger partial charge is 0.453 e. The van der Waals surface area contributed by atoms with Gasteiger partial charge in [0.15, 0.2) is 10.7 Å². The number of hydrogen-bond donors (Lipinski definition) is 0. The zero-order chi connectivity index (χ0) is 14.4. The zero-order valence-corrected chi connectivity index (χ0v) is 12.2. The maximum absolute atomic E-state index is 6.13. The second kappa shape index (κ2) is 4.61. The summed E-state index contributed by atoms with van der Waals surface area (Å²) in [5, 5.41) is 2.49. The molecule has 0 N–H and O–H groups in total. The first-order valence-electron chi connectivity index (χ1n) is 6.77. The molecule has 102 valence electrons. The van der Waals surface area contributed by atoms with E-state index in [9.17, 15) is 0 Å². The van der Waals surface area contributed by atoms with E-state index in [0.29, 0.717) is 10.7 Å². The van der Waals surface area contributed by atoms with Crippen LogP contribution in [0, 0.1) is 6.92 Å². The van der Waals surface area contributed by atoms with Crippen LogP contribution in [0.3, 0.4) is 0 Å². The highest BCUT2D eigenvalue weighted by Crippen LogP contribution is 2.37. The van der Waals surface area contributed by atoms with Gasteiger partial charge in [0.2, 0.25) is 0 Å². The van der Waals surface area contributed by atoms with Gasteiger partial charge < -0.3 is 4.42 Å². The number of aromatic nitrogens is 1. The molecule has 21 heavy (non-hydrogen) atoms. The fourth-order valence-electron chi connectivity index (χ4n) is 2.80. The number of aryl methyl sites for hydroxylation is 1. The minimum absolute atomic E-state index is 0.407. The van der Waals surface area contributed by atoms with Crippen LogP contribution < -0.4 is 0 Å². The highest BCUT2D eigenvalue weighted by molar-refractivity contribution is 6.34. The molecule has 0 amide bonds. The summed E-state index contributed by atoms with van der Waals surface area (Å²) >= 11 is 6.13. The number of fused-ring (bicyclic) bond motifs is 3. The third-order valence-corrected chi connectivity index (χ3v) is 4.12. The first kappa shape index (κ1) is 12.4. The average Bonchev–Trinajstić information content (AvgIpc) is 2.90. The molecule has 0 aliphatic rings. The third kappa shape index (κ3) is 1.83. The number of benzene rings is 2. The van der Waals surface area contributed by atoms with E-state index in [1.165, 1.54) is 11.1 Å². The Balaban J connectivity index is 2.08. The molecule has 0 bridgehead atoms. The highest BCUT2D eigenvalue weighted by Gasteiger charge is 2.14. The van der Waals surface area contributed by atoms with Gasteiger partial charge >= 0.3 is 0 Å². The number of hydrogen-bond acceptors (Lipinski definition) is 2. The van der Waals surface area contributed by atoms with Gasteiger partial charge in [-0.25, -0.2) is 4.98 Å². The molecular weight excluding hydrogens is 282 g/mol. The molecule has 2 heterocycles. The second-order valence-electron chi connectivity index (χ2n) is 5.06. The molecule has 0 aliphatic heterocycles. The van der Waals surface area contributed by atoms with Gasteiger partial charge in [0.25, 0.3) is 0 Å². The Morgan fingerprint density at radius 2 is 1.67 bits per heavy atom. The van der Waals surface area contributed by atoms with Crippen LogP contribution in [0.2, 0.25) is 5.15 Å². The molecule has 0 atom stereocenters. The van der Waals surface area contributed by atoms with E-state index in [-0.39, 0.29) is 0 Å². The summed E-state index contributed by atoms with van der Waals surface area (Å²) in [6.07, 6.45) is 1.71. The molecule has 0 unspecified atom stereocenters. The van der Waals surface area contributed by atoms with Gasteiger partial charge in [-0.1, -0.05) is 48.0 Å². The molecule has 0 aliphatic carbocycles. The predicted molar refractivity (Wildman–Crippen MR) is 86.7 cm³/mol. The van der Waals surface area contributed by atoms with Crippen molar-refractivity contribution >= 4 is 33.5 Å².